The van der Waals surface area contributed by atoms with Crippen LogP contribution in [0.5, 0.6) is 0 Å². The van der Waals surface area contributed by atoms with Crippen LogP contribution in [0.3, 0.4) is 0 Å². The fraction of sp³-hybridized carbons (Fsp3) is 0.571. The van der Waals surface area contributed by atoms with Crippen molar-refractivity contribution >= 4 is 0 Å². The van der Waals surface area contributed by atoms with Gasteiger partial charge in [0.05, 0.1) is 5.60 Å². The van der Waals surface area contributed by atoms with Gasteiger partial charge < -0.3 is 5.11 Å². The summed E-state index contributed by atoms with van der Waals surface area (Å²) in [5.74, 6) is 0.654. The molecule has 0 heterocycles. The minimum Gasteiger partial charge on any atom is -0.386 e. The standard InChI is InChI=1S/C14H22O/c1-5-11(6-2)12-7-9-13(10-8-12)14(3,4)15/h7-11,15H,5-6H2,1-4H3. The Hall–Kier alpha value is -0.820. The predicted octanol–water partition coefficient (Wildman–Crippen LogP) is 3.82. The van der Waals surface area contributed by atoms with Crippen molar-refractivity contribution in [2.24, 2.45) is 0 Å². The third-order valence-electron chi connectivity index (χ3n) is 3.07. The Kier molecular flexibility index (Phi) is 3.92. The lowest BCUT2D eigenvalue weighted by molar-refractivity contribution is 0.0786. The molecular weight excluding hydrogens is 184 g/mol. The Bertz CT molecular complexity index is 288. The summed E-state index contributed by atoms with van der Waals surface area (Å²) in [5, 5.41) is 9.83. The Morgan fingerprint density at radius 1 is 1.07 bits per heavy atom. The maximum absolute atomic E-state index is 9.83. The van der Waals surface area contributed by atoms with Crippen molar-refractivity contribution in [1.29, 1.82) is 0 Å². The number of hydrogen-bond acceptors (Lipinski definition) is 1. The molecule has 0 aliphatic heterocycles. The molecule has 15 heavy (non-hydrogen) atoms. The van der Waals surface area contributed by atoms with E-state index in [0.717, 1.165) is 5.56 Å². The highest BCUT2D eigenvalue weighted by Gasteiger charge is 2.16. The summed E-state index contributed by atoms with van der Waals surface area (Å²) in [7, 11) is 0. The quantitative estimate of drug-likeness (QED) is 0.794. The summed E-state index contributed by atoms with van der Waals surface area (Å²) in [6, 6.07) is 8.36. The van der Waals surface area contributed by atoms with Gasteiger partial charge in [0.2, 0.25) is 0 Å². The normalized spacial score (nSPS) is 12.1. The molecule has 1 nitrogen and oxygen atoms in total. The molecule has 1 rings (SSSR count). The summed E-state index contributed by atoms with van der Waals surface area (Å²) in [6.07, 6.45) is 2.36. The second kappa shape index (κ2) is 4.80. The van der Waals surface area contributed by atoms with Crippen LogP contribution in [-0.2, 0) is 5.60 Å². The van der Waals surface area contributed by atoms with Gasteiger partial charge in [0.1, 0.15) is 0 Å². The van der Waals surface area contributed by atoms with E-state index in [0.29, 0.717) is 5.92 Å². The summed E-state index contributed by atoms with van der Waals surface area (Å²) in [4.78, 5) is 0. The van der Waals surface area contributed by atoms with Crippen LogP contribution in [0.2, 0.25) is 0 Å². The lowest BCUT2D eigenvalue weighted by atomic mass is 9.90. The predicted molar refractivity (Wildman–Crippen MR) is 65.0 cm³/mol. The zero-order valence-electron chi connectivity index (χ0n) is 10.2. The molecule has 0 saturated carbocycles. The summed E-state index contributed by atoms with van der Waals surface area (Å²) >= 11 is 0. The third kappa shape index (κ3) is 3.07. The second-order valence-corrected chi connectivity index (χ2v) is 4.69. The van der Waals surface area contributed by atoms with Gasteiger partial charge in [-0.1, -0.05) is 38.1 Å². The fourth-order valence-electron chi connectivity index (χ4n) is 1.92. The van der Waals surface area contributed by atoms with Gasteiger partial charge in [-0.3, -0.25) is 0 Å². The average Bonchev–Trinajstić information content (AvgIpc) is 2.19. The first kappa shape index (κ1) is 12.3. The van der Waals surface area contributed by atoms with Gasteiger partial charge in [-0.05, 0) is 43.7 Å². The molecular formula is C14H22O. The maximum atomic E-state index is 9.83. The summed E-state index contributed by atoms with van der Waals surface area (Å²) in [5.41, 5.74) is 1.64. The average molecular weight is 206 g/mol. The van der Waals surface area contributed by atoms with E-state index in [2.05, 4.69) is 26.0 Å². The highest BCUT2D eigenvalue weighted by Crippen LogP contribution is 2.26. The first-order valence-electron chi connectivity index (χ1n) is 5.81. The molecule has 0 aliphatic rings. The van der Waals surface area contributed by atoms with Gasteiger partial charge >= 0.3 is 0 Å². The van der Waals surface area contributed by atoms with Crippen molar-refractivity contribution in [1.82, 2.24) is 0 Å². The molecule has 1 aromatic carbocycles. The largest absolute Gasteiger partial charge is 0.386 e. The minimum absolute atomic E-state index is 0.654. The fourth-order valence-corrected chi connectivity index (χ4v) is 1.92. The number of aliphatic hydroxyl groups is 1. The lowest BCUT2D eigenvalue weighted by Crippen LogP contribution is -2.15. The van der Waals surface area contributed by atoms with Gasteiger partial charge in [0.15, 0.2) is 0 Å². The lowest BCUT2D eigenvalue weighted by Gasteiger charge is -2.19. The van der Waals surface area contributed by atoms with Crippen molar-refractivity contribution in [3.05, 3.63) is 35.4 Å². The Morgan fingerprint density at radius 2 is 1.53 bits per heavy atom. The topological polar surface area (TPSA) is 20.2 Å². The Labute approximate surface area is 93.1 Å². The van der Waals surface area contributed by atoms with Crippen LogP contribution in [0, 0.1) is 0 Å². The van der Waals surface area contributed by atoms with E-state index in [1.54, 1.807) is 0 Å². The van der Waals surface area contributed by atoms with Gasteiger partial charge in [0, 0.05) is 0 Å². The molecule has 84 valence electrons. The van der Waals surface area contributed by atoms with E-state index < -0.39 is 5.60 Å². The van der Waals surface area contributed by atoms with Gasteiger partial charge in [-0.25, -0.2) is 0 Å². The number of benzene rings is 1. The van der Waals surface area contributed by atoms with Crippen LogP contribution in [-0.4, -0.2) is 5.11 Å². The highest BCUT2D eigenvalue weighted by atomic mass is 16.3. The number of hydrogen-bond donors (Lipinski definition) is 1. The van der Waals surface area contributed by atoms with Crippen molar-refractivity contribution in [3.63, 3.8) is 0 Å². The molecule has 0 atom stereocenters. The van der Waals surface area contributed by atoms with E-state index in [1.165, 1.54) is 18.4 Å². The Morgan fingerprint density at radius 3 is 1.87 bits per heavy atom. The second-order valence-electron chi connectivity index (χ2n) is 4.69. The molecule has 0 radical (unpaired) electrons. The molecule has 1 N–H and O–H groups in total. The smallest absolute Gasteiger partial charge is 0.0840 e. The number of rotatable bonds is 4. The molecule has 0 saturated heterocycles. The molecule has 0 aliphatic carbocycles. The van der Waals surface area contributed by atoms with Crippen LogP contribution < -0.4 is 0 Å². The molecule has 0 bridgehead atoms. The van der Waals surface area contributed by atoms with Crippen molar-refractivity contribution in [2.45, 2.75) is 52.1 Å². The SMILES string of the molecule is CCC(CC)c1ccc(C(C)(C)O)cc1. The summed E-state index contributed by atoms with van der Waals surface area (Å²) < 4.78 is 0. The van der Waals surface area contributed by atoms with Crippen LogP contribution in [0.1, 0.15) is 57.6 Å². The van der Waals surface area contributed by atoms with Gasteiger partial charge in [-0.2, -0.15) is 0 Å². The van der Waals surface area contributed by atoms with E-state index in [4.69, 9.17) is 0 Å². The zero-order chi connectivity index (χ0) is 11.5. The maximum Gasteiger partial charge on any atom is 0.0840 e. The minimum atomic E-state index is -0.730. The van der Waals surface area contributed by atoms with E-state index in [-0.39, 0.29) is 0 Å². The van der Waals surface area contributed by atoms with Crippen LogP contribution in [0.25, 0.3) is 0 Å². The molecule has 1 aromatic rings. The molecule has 0 spiro atoms. The zero-order valence-corrected chi connectivity index (χ0v) is 10.2. The summed E-state index contributed by atoms with van der Waals surface area (Å²) in [6.45, 7) is 8.08. The van der Waals surface area contributed by atoms with Gasteiger partial charge in [0.25, 0.3) is 0 Å². The Balaban J connectivity index is 2.89. The van der Waals surface area contributed by atoms with Crippen LogP contribution in [0.4, 0.5) is 0 Å². The molecule has 0 aromatic heterocycles. The van der Waals surface area contributed by atoms with Crippen molar-refractivity contribution in [2.75, 3.05) is 0 Å². The first-order chi connectivity index (χ1) is 6.99. The molecule has 0 amide bonds. The third-order valence-corrected chi connectivity index (χ3v) is 3.07. The highest BCUT2D eigenvalue weighted by molar-refractivity contribution is 5.28. The molecule has 0 unspecified atom stereocenters. The van der Waals surface area contributed by atoms with E-state index in [9.17, 15) is 5.11 Å². The molecule has 0 fully saturated rings. The monoisotopic (exact) mass is 206 g/mol. The van der Waals surface area contributed by atoms with E-state index >= 15 is 0 Å². The first-order valence-corrected chi connectivity index (χ1v) is 5.81. The van der Waals surface area contributed by atoms with Crippen LogP contribution >= 0.6 is 0 Å². The van der Waals surface area contributed by atoms with Gasteiger partial charge in [-0.15, -0.1) is 0 Å². The van der Waals surface area contributed by atoms with E-state index in [1.807, 2.05) is 26.0 Å². The van der Waals surface area contributed by atoms with Crippen LogP contribution in [0.15, 0.2) is 24.3 Å². The van der Waals surface area contributed by atoms with Crippen molar-refractivity contribution < 1.29 is 5.11 Å². The van der Waals surface area contributed by atoms with Crippen molar-refractivity contribution in [3.8, 4) is 0 Å². The molecule has 1 heteroatoms.